The van der Waals surface area contributed by atoms with Crippen LogP contribution in [0.1, 0.15) is 42.3 Å². The molecular formula is C22H19ClF3N3O2. The Labute approximate surface area is 181 Å². The Balaban J connectivity index is 1.84. The number of alkyl halides is 3. The topological polar surface area (TPSA) is 68.0 Å². The number of hydrogen-bond donors (Lipinski definition) is 1. The molecule has 2 aromatic carbocycles. The second kappa shape index (κ2) is 8.93. The number of anilines is 1. The summed E-state index contributed by atoms with van der Waals surface area (Å²) in [6, 6.07) is 8.75. The molecule has 0 saturated heterocycles. The maximum Gasteiger partial charge on any atom is 0.417 e. The largest absolute Gasteiger partial charge is 0.417 e. The number of para-hydroxylation sites is 1. The summed E-state index contributed by atoms with van der Waals surface area (Å²) in [6.07, 6.45) is -2.16. The van der Waals surface area contributed by atoms with E-state index in [1.165, 1.54) is 12.1 Å². The minimum atomic E-state index is -4.59. The van der Waals surface area contributed by atoms with Crippen LogP contribution in [0.15, 0.2) is 47.0 Å². The van der Waals surface area contributed by atoms with E-state index in [4.69, 9.17) is 16.1 Å². The van der Waals surface area contributed by atoms with Crippen LogP contribution < -0.4 is 5.32 Å². The summed E-state index contributed by atoms with van der Waals surface area (Å²) < 4.78 is 44.4. The standard InChI is InChI=1S/C22H19ClF3N3O2/c1-12(2)20-28-21(31-29-20)15-6-4-5-13(3)19(15)27-18(30)10-8-14-7-9-17(23)16(11-14)22(24,25)26/h4-12H,1-3H3,(H,27,30)/b10-8+. The molecule has 0 fully saturated rings. The number of halogens is 4. The molecule has 5 nitrogen and oxygen atoms in total. The summed E-state index contributed by atoms with van der Waals surface area (Å²) >= 11 is 5.62. The normalized spacial score (nSPS) is 12.0. The maximum absolute atomic E-state index is 13.0. The summed E-state index contributed by atoms with van der Waals surface area (Å²) in [6.45, 7) is 5.66. The average Bonchev–Trinajstić information content (AvgIpc) is 3.18. The molecule has 0 aliphatic rings. The van der Waals surface area contributed by atoms with Gasteiger partial charge in [0, 0.05) is 12.0 Å². The van der Waals surface area contributed by atoms with Crippen LogP contribution in [0.5, 0.6) is 0 Å². The highest BCUT2D eigenvalue weighted by Crippen LogP contribution is 2.35. The zero-order chi connectivity index (χ0) is 22.8. The summed E-state index contributed by atoms with van der Waals surface area (Å²) in [5.74, 6) is 0.350. The number of nitrogens with one attached hydrogen (secondary N) is 1. The first-order valence-electron chi connectivity index (χ1n) is 9.35. The monoisotopic (exact) mass is 449 g/mol. The van der Waals surface area contributed by atoms with Gasteiger partial charge in [0.1, 0.15) is 0 Å². The van der Waals surface area contributed by atoms with Crippen molar-refractivity contribution in [1.82, 2.24) is 10.1 Å². The quantitative estimate of drug-likeness (QED) is 0.452. The second-order valence-corrected chi connectivity index (χ2v) is 7.58. The van der Waals surface area contributed by atoms with E-state index in [9.17, 15) is 18.0 Å². The van der Waals surface area contributed by atoms with Crippen LogP contribution in [0.4, 0.5) is 18.9 Å². The van der Waals surface area contributed by atoms with Crippen molar-refractivity contribution in [2.75, 3.05) is 5.32 Å². The lowest BCUT2D eigenvalue weighted by atomic mass is 10.1. The number of amides is 1. The van der Waals surface area contributed by atoms with Crippen molar-refractivity contribution >= 4 is 29.3 Å². The van der Waals surface area contributed by atoms with Crippen LogP contribution in [0.25, 0.3) is 17.5 Å². The molecule has 1 N–H and O–H groups in total. The molecule has 1 aromatic heterocycles. The van der Waals surface area contributed by atoms with E-state index in [1.807, 2.05) is 13.8 Å². The molecule has 1 heterocycles. The number of aromatic nitrogens is 2. The van der Waals surface area contributed by atoms with Gasteiger partial charge >= 0.3 is 6.18 Å². The second-order valence-electron chi connectivity index (χ2n) is 7.17. The van der Waals surface area contributed by atoms with Gasteiger partial charge in [-0.1, -0.05) is 48.8 Å². The molecule has 0 aliphatic carbocycles. The Hall–Kier alpha value is -3.13. The van der Waals surface area contributed by atoms with Gasteiger partial charge in [-0.2, -0.15) is 18.2 Å². The molecule has 0 bridgehead atoms. The van der Waals surface area contributed by atoms with Crippen molar-refractivity contribution < 1.29 is 22.5 Å². The van der Waals surface area contributed by atoms with E-state index >= 15 is 0 Å². The average molecular weight is 450 g/mol. The molecule has 0 radical (unpaired) electrons. The molecule has 0 atom stereocenters. The van der Waals surface area contributed by atoms with Gasteiger partial charge in [-0.25, -0.2) is 0 Å². The van der Waals surface area contributed by atoms with Crippen LogP contribution >= 0.6 is 11.6 Å². The number of nitrogens with zero attached hydrogens (tertiary/aromatic N) is 2. The van der Waals surface area contributed by atoms with Crippen molar-refractivity contribution in [2.45, 2.75) is 32.9 Å². The fourth-order valence-corrected chi connectivity index (χ4v) is 3.02. The molecule has 31 heavy (non-hydrogen) atoms. The zero-order valence-electron chi connectivity index (χ0n) is 16.9. The third-order valence-corrected chi connectivity index (χ3v) is 4.76. The highest BCUT2D eigenvalue weighted by molar-refractivity contribution is 6.31. The predicted octanol–water partition coefficient (Wildman–Crippen LogP) is 6.49. The zero-order valence-corrected chi connectivity index (χ0v) is 17.7. The Morgan fingerprint density at radius 1 is 1.23 bits per heavy atom. The molecule has 3 aromatic rings. The molecule has 9 heteroatoms. The minimum Gasteiger partial charge on any atom is -0.334 e. The number of aryl methyl sites for hydroxylation is 1. The Morgan fingerprint density at radius 2 is 1.97 bits per heavy atom. The van der Waals surface area contributed by atoms with Gasteiger partial charge in [0.2, 0.25) is 5.91 Å². The van der Waals surface area contributed by atoms with Crippen molar-refractivity contribution in [3.8, 4) is 11.5 Å². The van der Waals surface area contributed by atoms with E-state index < -0.39 is 22.7 Å². The highest BCUT2D eigenvalue weighted by atomic mass is 35.5. The van der Waals surface area contributed by atoms with Gasteiger partial charge in [-0.3, -0.25) is 4.79 Å². The highest BCUT2D eigenvalue weighted by Gasteiger charge is 2.33. The fraction of sp³-hybridized carbons (Fsp3) is 0.227. The third-order valence-electron chi connectivity index (χ3n) is 4.43. The molecule has 0 aliphatic heterocycles. The third kappa shape index (κ3) is 5.32. The number of carbonyl (C=O) groups is 1. The molecule has 3 rings (SSSR count). The van der Waals surface area contributed by atoms with E-state index in [0.29, 0.717) is 17.1 Å². The van der Waals surface area contributed by atoms with Crippen LogP contribution in [0, 0.1) is 6.92 Å². The van der Waals surface area contributed by atoms with Crippen LogP contribution in [0.2, 0.25) is 5.02 Å². The maximum atomic E-state index is 13.0. The van der Waals surface area contributed by atoms with Gasteiger partial charge < -0.3 is 9.84 Å². The first kappa shape index (κ1) is 22.6. The summed E-state index contributed by atoms with van der Waals surface area (Å²) in [4.78, 5) is 16.8. The molecular weight excluding hydrogens is 431 g/mol. The van der Waals surface area contributed by atoms with Crippen LogP contribution in [-0.4, -0.2) is 16.0 Å². The van der Waals surface area contributed by atoms with Crippen LogP contribution in [0.3, 0.4) is 0 Å². The number of benzene rings is 2. The van der Waals surface area contributed by atoms with Gasteiger partial charge in [0.15, 0.2) is 5.82 Å². The lowest BCUT2D eigenvalue weighted by Gasteiger charge is -2.11. The summed E-state index contributed by atoms with van der Waals surface area (Å²) in [5.41, 5.74) is 1.01. The Morgan fingerprint density at radius 3 is 2.61 bits per heavy atom. The number of hydrogen-bond acceptors (Lipinski definition) is 4. The first-order valence-corrected chi connectivity index (χ1v) is 9.73. The fourth-order valence-electron chi connectivity index (χ4n) is 2.79. The first-order chi connectivity index (χ1) is 14.6. The SMILES string of the molecule is Cc1cccc(-c2nc(C(C)C)no2)c1NC(=O)/C=C/c1ccc(Cl)c(C(F)(F)F)c1. The Kier molecular flexibility index (Phi) is 6.50. The smallest absolute Gasteiger partial charge is 0.334 e. The minimum absolute atomic E-state index is 0.0734. The van der Waals surface area contributed by atoms with Gasteiger partial charge in [-0.05, 0) is 42.3 Å². The number of carbonyl (C=O) groups excluding carboxylic acids is 1. The van der Waals surface area contributed by atoms with Crippen molar-refractivity contribution in [1.29, 1.82) is 0 Å². The molecule has 0 saturated carbocycles. The van der Waals surface area contributed by atoms with E-state index in [0.717, 1.165) is 23.8 Å². The lowest BCUT2D eigenvalue weighted by molar-refractivity contribution is -0.137. The van der Waals surface area contributed by atoms with E-state index in [2.05, 4.69) is 15.5 Å². The molecule has 0 spiro atoms. The molecule has 0 unspecified atom stereocenters. The molecule has 1 amide bonds. The Bertz CT molecular complexity index is 1140. The lowest BCUT2D eigenvalue weighted by Crippen LogP contribution is -2.10. The summed E-state index contributed by atoms with van der Waals surface area (Å²) in [5, 5.41) is 6.27. The van der Waals surface area contributed by atoms with Gasteiger partial charge in [0.25, 0.3) is 5.89 Å². The van der Waals surface area contributed by atoms with E-state index in [-0.39, 0.29) is 17.4 Å². The summed E-state index contributed by atoms with van der Waals surface area (Å²) in [7, 11) is 0. The van der Waals surface area contributed by atoms with Gasteiger partial charge in [-0.15, -0.1) is 0 Å². The predicted molar refractivity (Wildman–Crippen MR) is 113 cm³/mol. The van der Waals surface area contributed by atoms with Crippen molar-refractivity contribution in [3.63, 3.8) is 0 Å². The van der Waals surface area contributed by atoms with Gasteiger partial charge in [0.05, 0.1) is 21.8 Å². The van der Waals surface area contributed by atoms with E-state index in [1.54, 1.807) is 25.1 Å². The van der Waals surface area contributed by atoms with Crippen molar-refractivity contribution in [3.05, 3.63) is 70.0 Å². The number of rotatable bonds is 5. The molecule has 162 valence electrons. The van der Waals surface area contributed by atoms with Crippen molar-refractivity contribution in [2.24, 2.45) is 0 Å². The van der Waals surface area contributed by atoms with Crippen LogP contribution in [-0.2, 0) is 11.0 Å².